The molecular formula is C19H26N2O3. The van der Waals surface area contributed by atoms with E-state index < -0.39 is 0 Å². The number of hydrogen-bond donors (Lipinski definition) is 0. The van der Waals surface area contributed by atoms with Crippen LogP contribution < -0.4 is 9.47 Å². The minimum atomic E-state index is 0.363. The number of nitrogens with zero attached hydrogens (tertiary/aromatic N) is 2. The standard InChI is InChI=1S/C19H26N2O3/c1-5-17-19(13(2)20-24-17)16-7-6-10-21(16)12-14-11-15(22-3)8-9-18(14)23-4/h8-9,11,16H,5-7,10,12H2,1-4H3. The van der Waals surface area contributed by atoms with Crippen LogP contribution in [-0.2, 0) is 13.0 Å². The van der Waals surface area contributed by atoms with Crippen molar-refractivity contribution in [3.63, 3.8) is 0 Å². The lowest BCUT2D eigenvalue weighted by Crippen LogP contribution is -2.24. The van der Waals surface area contributed by atoms with Crippen LogP contribution in [-0.4, -0.2) is 30.8 Å². The molecule has 2 aromatic rings. The predicted molar refractivity (Wildman–Crippen MR) is 92.5 cm³/mol. The van der Waals surface area contributed by atoms with Crippen LogP contribution in [0.3, 0.4) is 0 Å². The molecule has 1 aliphatic rings. The zero-order valence-electron chi connectivity index (χ0n) is 15.0. The fourth-order valence-corrected chi connectivity index (χ4v) is 3.67. The molecular weight excluding hydrogens is 304 g/mol. The van der Waals surface area contributed by atoms with E-state index in [9.17, 15) is 0 Å². The molecule has 3 rings (SSSR count). The van der Waals surface area contributed by atoms with Gasteiger partial charge in [-0.05, 0) is 44.5 Å². The first-order chi connectivity index (χ1) is 11.7. The fraction of sp³-hybridized carbons (Fsp3) is 0.526. The van der Waals surface area contributed by atoms with Gasteiger partial charge >= 0.3 is 0 Å². The smallest absolute Gasteiger partial charge is 0.141 e. The first-order valence-corrected chi connectivity index (χ1v) is 8.57. The minimum absolute atomic E-state index is 0.363. The second kappa shape index (κ2) is 7.26. The third-order valence-corrected chi connectivity index (χ3v) is 4.86. The summed E-state index contributed by atoms with van der Waals surface area (Å²) in [5, 5.41) is 4.19. The molecule has 0 aliphatic carbocycles. The van der Waals surface area contributed by atoms with Gasteiger partial charge in [0.2, 0.25) is 0 Å². The maximum atomic E-state index is 5.54. The van der Waals surface area contributed by atoms with Gasteiger partial charge in [0.15, 0.2) is 0 Å². The highest BCUT2D eigenvalue weighted by Gasteiger charge is 2.31. The molecule has 1 aliphatic heterocycles. The average molecular weight is 330 g/mol. The van der Waals surface area contributed by atoms with Crippen molar-refractivity contribution < 1.29 is 14.0 Å². The molecule has 0 bridgehead atoms. The summed E-state index contributed by atoms with van der Waals surface area (Å²) in [4.78, 5) is 2.50. The van der Waals surface area contributed by atoms with E-state index in [1.165, 1.54) is 12.0 Å². The highest BCUT2D eigenvalue weighted by Crippen LogP contribution is 2.38. The van der Waals surface area contributed by atoms with Gasteiger partial charge in [-0.1, -0.05) is 12.1 Å². The maximum Gasteiger partial charge on any atom is 0.141 e. The Hall–Kier alpha value is -2.01. The topological polar surface area (TPSA) is 47.7 Å². The fourth-order valence-electron chi connectivity index (χ4n) is 3.67. The molecule has 1 unspecified atom stereocenters. The molecule has 24 heavy (non-hydrogen) atoms. The van der Waals surface area contributed by atoms with Crippen LogP contribution in [0.4, 0.5) is 0 Å². The maximum absolute atomic E-state index is 5.54. The van der Waals surface area contributed by atoms with E-state index in [4.69, 9.17) is 14.0 Å². The molecule has 1 aromatic heterocycles. The quantitative estimate of drug-likeness (QED) is 0.804. The lowest BCUT2D eigenvalue weighted by molar-refractivity contribution is 0.240. The van der Waals surface area contributed by atoms with Crippen molar-refractivity contribution in [2.45, 2.75) is 45.7 Å². The van der Waals surface area contributed by atoms with Crippen molar-refractivity contribution in [1.82, 2.24) is 10.1 Å². The second-order valence-electron chi connectivity index (χ2n) is 6.26. The number of hydrogen-bond acceptors (Lipinski definition) is 5. The summed E-state index contributed by atoms with van der Waals surface area (Å²) >= 11 is 0. The summed E-state index contributed by atoms with van der Waals surface area (Å²) in [6, 6.07) is 6.34. The van der Waals surface area contributed by atoms with Crippen LogP contribution in [0.2, 0.25) is 0 Å². The van der Waals surface area contributed by atoms with Crippen molar-refractivity contribution in [3.8, 4) is 11.5 Å². The van der Waals surface area contributed by atoms with Crippen molar-refractivity contribution in [2.24, 2.45) is 0 Å². The molecule has 5 heteroatoms. The van der Waals surface area contributed by atoms with Crippen LogP contribution >= 0.6 is 0 Å². The molecule has 1 fully saturated rings. The van der Waals surface area contributed by atoms with Crippen molar-refractivity contribution in [3.05, 3.63) is 40.8 Å². The highest BCUT2D eigenvalue weighted by atomic mass is 16.5. The highest BCUT2D eigenvalue weighted by molar-refractivity contribution is 5.40. The summed E-state index contributed by atoms with van der Waals surface area (Å²) < 4.78 is 16.4. The average Bonchev–Trinajstić information content (AvgIpc) is 3.20. The Kier molecular flexibility index (Phi) is 5.09. The summed E-state index contributed by atoms with van der Waals surface area (Å²) in [5.74, 6) is 2.78. The lowest BCUT2D eigenvalue weighted by atomic mass is 10.0. The van der Waals surface area contributed by atoms with Crippen LogP contribution in [0, 0.1) is 6.92 Å². The number of rotatable bonds is 6. The zero-order chi connectivity index (χ0) is 17.1. The van der Waals surface area contributed by atoms with Gasteiger partial charge in [0.05, 0.1) is 19.9 Å². The summed E-state index contributed by atoms with van der Waals surface area (Å²) in [5.41, 5.74) is 3.44. The van der Waals surface area contributed by atoms with Gasteiger partial charge in [0.25, 0.3) is 0 Å². The summed E-state index contributed by atoms with van der Waals surface area (Å²) in [6.45, 7) is 6.06. The molecule has 5 nitrogen and oxygen atoms in total. The SMILES string of the molecule is CCc1onc(C)c1C1CCCN1Cc1cc(OC)ccc1OC. The number of likely N-dealkylation sites (tertiary alicyclic amines) is 1. The van der Waals surface area contributed by atoms with Crippen LogP contribution in [0.1, 0.15) is 48.4 Å². The Morgan fingerprint density at radius 3 is 2.83 bits per heavy atom. The molecule has 0 radical (unpaired) electrons. The lowest BCUT2D eigenvalue weighted by Gasteiger charge is -2.25. The van der Waals surface area contributed by atoms with E-state index in [0.29, 0.717) is 6.04 Å². The molecule has 2 heterocycles. The Morgan fingerprint density at radius 2 is 2.12 bits per heavy atom. The van der Waals surface area contributed by atoms with Gasteiger partial charge < -0.3 is 14.0 Å². The van der Waals surface area contributed by atoms with Crippen molar-refractivity contribution in [1.29, 1.82) is 0 Å². The van der Waals surface area contributed by atoms with Gasteiger partial charge in [-0.15, -0.1) is 0 Å². The molecule has 1 saturated heterocycles. The van der Waals surface area contributed by atoms with Gasteiger partial charge in [0.1, 0.15) is 17.3 Å². The number of aryl methyl sites for hydroxylation is 2. The molecule has 0 N–H and O–H groups in total. The number of benzene rings is 1. The Balaban J connectivity index is 1.88. The summed E-state index contributed by atoms with van der Waals surface area (Å²) in [7, 11) is 3.41. The number of ether oxygens (including phenoxy) is 2. The largest absolute Gasteiger partial charge is 0.497 e. The Labute approximate surface area is 143 Å². The number of aromatic nitrogens is 1. The molecule has 1 atom stereocenters. The van der Waals surface area contributed by atoms with Gasteiger partial charge in [-0.2, -0.15) is 0 Å². The normalized spacial score (nSPS) is 18.1. The first kappa shape index (κ1) is 16.8. The van der Waals surface area contributed by atoms with Gasteiger partial charge in [0, 0.05) is 30.1 Å². The van der Waals surface area contributed by atoms with E-state index in [2.05, 4.69) is 23.0 Å². The van der Waals surface area contributed by atoms with E-state index in [0.717, 1.165) is 54.4 Å². The van der Waals surface area contributed by atoms with Gasteiger partial charge in [-0.3, -0.25) is 4.90 Å². The van der Waals surface area contributed by atoms with Crippen LogP contribution in [0.25, 0.3) is 0 Å². The van der Waals surface area contributed by atoms with E-state index in [1.807, 2.05) is 19.1 Å². The molecule has 1 aromatic carbocycles. The molecule has 0 amide bonds. The zero-order valence-corrected chi connectivity index (χ0v) is 15.0. The Morgan fingerprint density at radius 1 is 1.29 bits per heavy atom. The predicted octanol–water partition coefficient (Wildman–Crippen LogP) is 3.90. The molecule has 0 saturated carbocycles. The van der Waals surface area contributed by atoms with E-state index in [1.54, 1.807) is 14.2 Å². The van der Waals surface area contributed by atoms with E-state index in [-0.39, 0.29) is 0 Å². The third-order valence-electron chi connectivity index (χ3n) is 4.86. The van der Waals surface area contributed by atoms with Gasteiger partial charge in [-0.25, -0.2) is 0 Å². The van der Waals surface area contributed by atoms with Crippen LogP contribution in [0.15, 0.2) is 22.7 Å². The molecule has 0 spiro atoms. The van der Waals surface area contributed by atoms with Crippen LogP contribution in [0.5, 0.6) is 11.5 Å². The third kappa shape index (κ3) is 3.13. The number of methoxy groups -OCH3 is 2. The van der Waals surface area contributed by atoms with E-state index >= 15 is 0 Å². The monoisotopic (exact) mass is 330 g/mol. The second-order valence-corrected chi connectivity index (χ2v) is 6.26. The Bertz CT molecular complexity index is 696. The molecule has 130 valence electrons. The summed E-state index contributed by atoms with van der Waals surface area (Å²) in [6.07, 6.45) is 3.20. The van der Waals surface area contributed by atoms with Crippen molar-refractivity contribution in [2.75, 3.05) is 20.8 Å². The first-order valence-electron chi connectivity index (χ1n) is 8.57. The van der Waals surface area contributed by atoms with Crippen molar-refractivity contribution >= 4 is 0 Å². The minimum Gasteiger partial charge on any atom is -0.497 e.